The number of hydrogen-bond acceptors (Lipinski definition) is 4. The van der Waals surface area contributed by atoms with E-state index in [1.807, 2.05) is 13.0 Å². The van der Waals surface area contributed by atoms with Gasteiger partial charge in [-0.1, -0.05) is 12.1 Å². The average molecular weight is 367 g/mol. The van der Waals surface area contributed by atoms with Gasteiger partial charge in [0.1, 0.15) is 5.82 Å². The number of rotatable bonds is 4. The summed E-state index contributed by atoms with van der Waals surface area (Å²) < 4.78 is 36.4. The van der Waals surface area contributed by atoms with Crippen LogP contribution in [0.1, 0.15) is 23.0 Å². The number of benzene rings is 1. The van der Waals surface area contributed by atoms with Crippen LogP contribution in [0.4, 0.5) is 4.39 Å². The van der Waals surface area contributed by atoms with Crippen molar-refractivity contribution in [2.24, 2.45) is 0 Å². The molecule has 1 amide bonds. The van der Waals surface area contributed by atoms with Crippen molar-refractivity contribution in [2.75, 3.05) is 18.1 Å². The Morgan fingerprint density at radius 3 is 2.54 bits per heavy atom. The number of sulfone groups is 1. The number of halogens is 1. The van der Waals surface area contributed by atoms with Crippen LogP contribution in [0.5, 0.6) is 0 Å². The van der Waals surface area contributed by atoms with Gasteiger partial charge in [0.15, 0.2) is 9.84 Å². The molecule has 1 fully saturated rings. The van der Waals surface area contributed by atoms with Crippen LogP contribution in [-0.4, -0.2) is 43.3 Å². The fraction of sp³-hybridized carbons (Fsp3) is 0.353. The number of thiophene rings is 1. The van der Waals surface area contributed by atoms with E-state index in [0.29, 0.717) is 17.8 Å². The summed E-state index contributed by atoms with van der Waals surface area (Å²) in [5.74, 6) is -0.251. The van der Waals surface area contributed by atoms with Crippen molar-refractivity contribution in [3.8, 4) is 10.4 Å². The zero-order chi connectivity index (χ0) is 17.3. The van der Waals surface area contributed by atoms with Gasteiger partial charge in [-0.05, 0) is 43.2 Å². The summed E-state index contributed by atoms with van der Waals surface area (Å²) >= 11 is 1.34. The molecule has 0 radical (unpaired) electrons. The van der Waals surface area contributed by atoms with Gasteiger partial charge in [-0.3, -0.25) is 4.79 Å². The Bertz CT molecular complexity index is 843. The first kappa shape index (κ1) is 17.1. The molecular formula is C17H18FNO3S2. The largest absolute Gasteiger partial charge is 0.334 e. The smallest absolute Gasteiger partial charge is 0.264 e. The Morgan fingerprint density at radius 1 is 1.25 bits per heavy atom. The lowest BCUT2D eigenvalue weighted by molar-refractivity contribution is 0.0713. The molecule has 0 N–H and O–H groups in total. The molecule has 1 aliphatic heterocycles. The number of carbonyl (C=O) groups excluding carboxylic acids is 1. The molecule has 1 atom stereocenters. The highest BCUT2D eigenvalue weighted by atomic mass is 32.2. The fourth-order valence-corrected chi connectivity index (χ4v) is 5.65. The predicted octanol–water partition coefficient (Wildman–Crippen LogP) is 3.20. The van der Waals surface area contributed by atoms with Gasteiger partial charge in [-0.2, -0.15) is 0 Å². The average Bonchev–Trinajstić information content (AvgIpc) is 3.16. The van der Waals surface area contributed by atoms with Crippen molar-refractivity contribution in [3.63, 3.8) is 0 Å². The molecule has 0 aliphatic carbocycles. The molecule has 3 rings (SSSR count). The van der Waals surface area contributed by atoms with Crippen LogP contribution in [0.3, 0.4) is 0 Å². The second-order valence-corrected chi connectivity index (χ2v) is 9.13. The lowest BCUT2D eigenvalue weighted by atomic mass is 10.2. The highest BCUT2D eigenvalue weighted by molar-refractivity contribution is 7.91. The van der Waals surface area contributed by atoms with E-state index in [1.165, 1.54) is 23.5 Å². The first-order valence-electron chi connectivity index (χ1n) is 7.77. The van der Waals surface area contributed by atoms with E-state index in [-0.39, 0.29) is 29.3 Å². The van der Waals surface area contributed by atoms with Crippen LogP contribution in [0.2, 0.25) is 0 Å². The Kier molecular flexibility index (Phi) is 4.73. The monoisotopic (exact) mass is 367 g/mol. The zero-order valence-corrected chi connectivity index (χ0v) is 14.9. The minimum Gasteiger partial charge on any atom is -0.334 e. The van der Waals surface area contributed by atoms with Crippen molar-refractivity contribution < 1.29 is 17.6 Å². The van der Waals surface area contributed by atoms with Crippen molar-refractivity contribution in [1.29, 1.82) is 0 Å². The summed E-state index contributed by atoms with van der Waals surface area (Å²) in [5, 5.41) is 0. The molecule has 1 aromatic heterocycles. The highest BCUT2D eigenvalue weighted by Crippen LogP contribution is 2.30. The fourth-order valence-electron chi connectivity index (χ4n) is 2.95. The number of nitrogens with zero attached hydrogens (tertiary/aromatic N) is 1. The Balaban J connectivity index is 1.80. The molecule has 0 spiro atoms. The molecule has 0 saturated carbocycles. The van der Waals surface area contributed by atoms with Gasteiger partial charge in [0.05, 0.1) is 16.4 Å². The second kappa shape index (κ2) is 6.64. The molecule has 4 nitrogen and oxygen atoms in total. The van der Waals surface area contributed by atoms with E-state index in [4.69, 9.17) is 0 Å². The molecule has 2 aromatic rings. The van der Waals surface area contributed by atoms with Gasteiger partial charge < -0.3 is 4.90 Å². The van der Waals surface area contributed by atoms with Crippen LogP contribution in [-0.2, 0) is 9.84 Å². The lowest BCUT2D eigenvalue weighted by Crippen LogP contribution is -2.40. The standard InChI is InChI=1S/C17H18FNO3S2/c1-2-19(14-9-10-24(21,22)11-14)17(20)16-8-7-15(23-16)12-3-5-13(18)6-4-12/h3-8,14H,2,9-11H2,1H3/t14-/m1/s1. The third-order valence-electron chi connectivity index (χ3n) is 4.20. The maximum atomic E-state index is 13.0. The summed E-state index contributed by atoms with van der Waals surface area (Å²) in [6.07, 6.45) is 0.498. The quantitative estimate of drug-likeness (QED) is 0.834. The normalized spacial score (nSPS) is 19.3. The van der Waals surface area contributed by atoms with Crippen molar-refractivity contribution in [1.82, 2.24) is 4.90 Å². The van der Waals surface area contributed by atoms with Crippen molar-refractivity contribution in [3.05, 3.63) is 47.1 Å². The van der Waals surface area contributed by atoms with Gasteiger partial charge in [-0.25, -0.2) is 12.8 Å². The molecule has 128 valence electrons. The third kappa shape index (κ3) is 3.52. The summed E-state index contributed by atoms with van der Waals surface area (Å²) in [6.45, 7) is 2.33. The molecule has 24 heavy (non-hydrogen) atoms. The lowest BCUT2D eigenvalue weighted by Gasteiger charge is -2.26. The van der Waals surface area contributed by atoms with Gasteiger partial charge >= 0.3 is 0 Å². The Labute approximate surface area is 144 Å². The molecule has 1 aliphatic rings. The first-order valence-corrected chi connectivity index (χ1v) is 10.4. The van der Waals surface area contributed by atoms with Crippen LogP contribution in [0.15, 0.2) is 36.4 Å². The van der Waals surface area contributed by atoms with Crippen LogP contribution < -0.4 is 0 Å². The minimum absolute atomic E-state index is 0.0444. The number of amides is 1. The molecule has 7 heteroatoms. The van der Waals surface area contributed by atoms with Crippen LogP contribution >= 0.6 is 11.3 Å². The predicted molar refractivity (Wildman–Crippen MR) is 93.5 cm³/mol. The molecule has 2 heterocycles. The van der Waals surface area contributed by atoms with E-state index in [1.54, 1.807) is 23.1 Å². The van der Waals surface area contributed by atoms with Crippen molar-refractivity contribution >= 4 is 27.1 Å². The van der Waals surface area contributed by atoms with E-state index in [2.05, 4.69) is 0 Å². The van der Waals surface area contributed by atoms with Crippen LogP contribution in [0, 0.1) is 5.82 Å². The van der Waals surface area contributed by atoms with Crippen LogP contribution in [0.25, 0.3) is 10.4 Å². The van der Waals surface area contributed by atoms with E-state index < -0.39 is 9.84 Å². The molecule has 1 saturated heterocycles. The van der Waals surface area contributed by atoms with Gasteiger partial charge in [0, 0.05) is 17.5 Å². The number of carbonyl (C=O) groups is 1. The van der Waals surface area contributed by atoms with Gasteiger partial charge in [-0.15, -0.1) is 11.3 Å². The summed E-state index contributed by atoms with van der Waals surface area (Å²) in [6, 6.07) is 9.47. The maximum Gasteiger partial charge on any atom is 0.264 e. The molecule has 0 bridgehead atoms. The van der Waals surface area contributed by atoms with E-state index in [0.717, 1.165) is 10.4 Å². The third-order valence-corrected chi connectivity index (χ3v) is 7.07. The number of hydrogen-bond donors (Lipinski definition) is 0. The Morgan fingerprint density at radius 2 is 1.96 bits per heavy atom. The summed E-state index contributed by atoms with van der Waals surface area (Å²) in [7, 11) is -3.03. The first-order chi connectivity index (χ1) is 11.4. The molecule has 1 aromatic carbocycles. The summed E-state index contributed by atoms with van der Waals surface area (Å²) in [5.41, 5.74) is 0.854. The topological polar surface area (TPSA) is 54.5 Å². The summed E-state index contributed by atoms with van der Waals surface area (Å²) in [4.78, 5) is 15.9. The van der Waals surface area contributed by atoms with Gasteiger partial charge in [0.2, 0.25) is 0 Å². The Hall–Kier alpha value is -1.73. The van der Waals surface area contributed by atoms with Gasteiger partial charge in [0.25, 0.3) is 5.91 Å². The highest BCUT2D eigenvalue weighted by Gasteiger charge is 2.34. The van der Waals surface area contributed by atoms with Crippen molar-refractivity contribution in [2.45, 2.75) is 19.4 Å². The molecule has 0 unspecified atom stereocenters. The SMILES string of the molecule is CCN(C(=O)c1ccc(-c2ccc(F)cc2)s1)[C@@H]1CCS(=O)(=O)C1. The molecular weight excluding hydrogens is 349 g/mol. The van der Waals surface area contributed by atoms with E-state index >= 15 is 0 Å². The minimum atomic E-state index is -3.03. The maximum absolute atomic E-state index is 13.0. The zero-order valence-electron chi connectivity index (χ0n) is 13.2. The van der Waals surface area contributed by atoms with E-state index in [9.17, 15) is 17.6 Å². The second-order valence-electron chi connectivity index (χ2n) is 5.82.